The zero-order chi connectivity index (χ0) is 15.1. The largest absolute Gasteiger partial charge is 0.561 e. The van der Waals surface area contributed by atoms with Crippen LogP contribution in [0.2, 0.25) is 0 Å². The molecule has 0 heterocycles. The first-order valence-electron chi connectivity index (χ1n) is 6.56. The van der Waals surface area contributed by atoms with Gasteiger partial charge in [0.05, 0.1) is 0 Å². The van der Waals surface area contributed by atoms with E-state index in [9.17, 15) is 14.6 Å². The van der Waals surface area contributed by atoms with E-state index in [-0.39, 0.29) is 18.7 Å². The van der Waals surface area contributed by atoms with Crippen LogP contribution in [0.25, 0.3) is 0 Å². The van der Waals surface area contributed by atoms with Gasteiger partial charge in [0.2, 0.25) is 0 Å². The van der Waals surface area contributed by atoms with Crippen LogP contribution in [0.4, 0.5) is 0 Å². The van der Waals surface area contributed by atoms with E-state index in [1.807, 2.05) is 0 Å². The molecule has 1 rings (SSSR count). The molecule has 0 amide bonds. The first-order chi connectivity index (χ1) is 9.45. The van der Waals surface area contributed by atoms with Crippen LogP contribution in [0.3, 0.4) is 0 Å². The maximum atomic E-state index is 12.0. The monoisotopic (exact) mass is 277 g/mol. The Morgan fingerprint density at radius 1 is 1.30 bits per heavy atom. The molecule has 0 spiro atoms. The summed E-state index contributed by atoms with van der Waals surface area (Å²) in [5.74, 6) is -1.75. The molecule has 0 radical (unpaired) electrons. The van der Waals surface area contributed by atoms with Gasteiger partial charge in [0, 0.05) is 13.0 Å². The number of rotatable bonds is 7. The molecule has 1 aromatic rings. The van der Waals surface area contributed by atoms with Gasteiger partial charge in [-0.1, -0.05) is 37.3 Å². The summed E-state index contributed by atoms with van der Waals surface area (Å²) >= 11 is 0. The lowest BCUT2D eigenvalue weighted by atomic mass is 9.79. The van der Waals surface area contributed by atoms with Crippen molar-refractivity contribution >= 4 is 24.3 Å². The Morgan fingerprint density at radius 2 is 1.90 bits per heavy atom. The Kier molecular flexibility index (Phi) is 6.41. The molecule has 6 heteroatoms. The fraction of sp³-hybridized carbons (Fsp3) is 0.429. The number of hydrogen-bond acceptors (Lipinski definition) is 5. The topological polar surface area (TPSA) is 66.8 Å². The highest BCUT2D eigenvalue weighted by atomic mass is 16.6. The van der Waals surface area contributed by atoms with Crippen molar-refractivity contribution in [3.63, 3.8) is 0 Å². The molecule has 0 aliphatic carbocycles. The van der Waals surface area contributed by atoms with Gasteiger partial charge in [-0.2, -0.15) is 0 Å². The van der Waals surface area contributed by atoms with Gasteiger partial charge < -0.3 is 14.6 Å². The zero-order valence-electron chi connectivity index (χ0n) is 12.1. The number of nitrogens with zero attached hydrogens (tertiary/aromatic N) is 1. The number of carbonyl (C=O) groups is 2. The average Bonchev–Trinajstić information content (AvgIpc) is 2.44. The highest BCUT2D eigenvalue weighted by molar-refractivity contribution is 6.61. The van der Waals surface area contributed by atoms with Gasteiger partial charge in [0.1, 0.15) is 11.7 Å². The number of Topliss-reactive ketones (excluding diaryl/α,β-unsaturated/α-hetero) is 1. The SMILES string of the molecule is CCC(=O)C(CN(C)C)C(=O)OB(O)c1ccccc1. The molecule has 1 unspecified atom stereocenters. The second-order valence-corrected chi connectivity index (χ2v) is 4.83. The molecule has 1 aromatic carbocycles. The van der Waals surface area contributed by atoms with E-state index in [1.165, 1.54) is 0 Å². The summed E-state index contributed by atoms with van der Waals surface area (Å²) in [5, 5.41) is 9.86. The van der Waals surface area contributed by atoms with Crippen LogP contribution >= 0.6 is 0 Å². The Bertz CT molecular complexity index is 450. The molecule has 5 nitrogen and oxygen atoms in total. The van der Waals surface area contributed by atoms with Crippen LogP contribution in [-0.2, 0) is 14.2 Å². The smallest absolute Gasteiger partial charge is 0.505 e. The van der Waals surface area contributed by atoms with Crippen LogP contribution in [0.15, 0.2) is 30.3 Å². The van der Waals surface area contributed by atoms with Crippen molar-refractivity contribution < 1.29 is 19.3 Å². The molecular weight excluding hydrogens is 257 g/mol. The summed E-state index contributed by atoms with van der Waals surface area (Å²) in [7, 11) is 2.20. The van der Waals surface area contributed by atoms with Crippen LogP contribution in [0.1, 0.15) is 13.3 Å². The maximum absolute atomic E-state index is 12.0. The van der Waals surface area contributed by atoms with Crippen LogP contribution in [-0.4, -0.2) is 49.4 Å². The minimum atomic E-state index is -1.35. The molecule has 0 fully saturated rings. The Balaban J connectivity index is 2.73. The molecule has 0 bridgehead atoms. The minimum absolute atomic E-state index is 0.191. The second kappa shape index (κ2) is 7.82. The summed E-state index contributed by atoms with van der Waals surface area (Å²) in [6.07, 6.45) is 0.259. The normalized spacial score (nSPS) is 12.1. The van der Waals surface area contributed by atoms with Gasteiger partial charge in [0.15, 0.2) is 0 Å². The number of benzene rings is 1. The molecule has 0 aliphatic heterocycles. The first kappa shape index (κ1) is 16.4. The molecular formula is C14H20BNO4. The fourth-order valence-corrected chi connectivity index (χ4v) is 1.80. The molecule has 0 aromatic heterocycles. The van der Waals surface area contributed by atoms with Gasteiger partial charge in [-0.3, -0.25) is 9.59 Å². The van der Waals surface area contributed by atoms with E-state index >= 15 is 0 Å². The summed E-state index contributed by atoms with van der Waals surface area (Å²) in [6, 6.07) is 8.58. The van der Waals surface area contributed by atoms with E-state index in [2.05, 4.69) is 0 Å². The molecule has 20 heavy (non-hydrogen) atoms. The molecule has 1 atom stereocenters. The summed E-state index contributed by atoms with van der Waals surface area (Å²) in [6.45, 7) is 1.97. The van der Waals surface area contributed by atoms with Gasteiger partial charge in [-0.05, 0) is 19.6 Å². The lowest BCUT2D eigenvalue weighted by Gasteiger charge is -2.19. The van der Waals surface area contributed by atoms with Crippen molar-refractivity contribution in [3.05, 3.63) is 30.3 Å². The molecule has 0 saturated heterocycles. The molecule has 108 valence electrons. The van der Waals surface area contributed by atoms with E-state index in [0.717, 1.165) is 0 Å². The van der Waals surface area contributed by atoms with Crippen molar-refractivity contribution in [1.29, 1.82) is 0 Å². The van der Waals surface area contributed by atoms with Crippen molar-refractivity contribution in [2.24, 2.45) is 5.92 Å². The van der Waals surface area contributed by atoms with Crippen molar-refractivity contribution in [2.75, 3.05) is 20.6 Å². The second-order valence-electron chi connectivity index (χ2n) is 4.83. The van der Waals surface area contributed by atoms with Crippen molar-refractivity contribution in [2.45, 2.75) is 13.3 Å². The van der Waals surface area contributed by atoms with Crippen molar-refractivity contribution in [1.82, 2.24) is 4.90 Å². The van der Waals surface area contributed by atoms with Gasteiger partial charge >= 0.3 is 13.1 Å². The Morgan fingerprint density at radius 3 is 2.40 bits per heavy atom. The Labute approximate surface area is 119 Å². The maximum Gasteiger partial charge on any atom is 0.561 e. The molecule has 0 saturated carbocycles. The number of carbonyl (C=O) groups excluding carboxylic acids is 2. The van der Waals surface area contributed by atoms with Gasteiger partial charge in [-0.25, -0.2) is 0 Å². The molecule has 1 N–H and O–H groups in total. The molecule has 0 aliphatic rings. The summed E-state index contributed by atoms with van der Waals surface area (Å²) in [5.41, 5.74) is 0.480. The van der Waals surface area contributed by atoms with Crippen molar-refractivity contribution in [3.8, 4) is 0 Å². The lowest BCUT2D eigenvalue weighted by molar-refractivity contribution is -0.145. The third-order valence-electron chi connectivity index (χ3n) is 2.88. The van der Waals surface area contributed by atoms with E-state index in [4.69, 9.17) is 4.65 Å². The van der Waals surface area contributed by atoms with E-state index in [1.54, 1.807) is 56.3 Å². The first-order valence-corrected chi connectivity index (χ1v) is 6.56. The summed E-state index contributed by atoms with van der Waals surface area (Å²) < 4.78 is 4.99. The number of hydrogen-bond donors (Lipinski definition) is 1. The summed E-state index contributed by atoms with van der Waals surface area (Å²) in [4.78, 5) is 25.6. The fourth-order valence-electron chi connectivity index (χ4n) is 1.80. The standard InChI is InChI=1S/C14H20BNO4/c1-4-13(17)12(10-16(2)3)14(18)20-15(19)11-8-6-5-7-9-11/h5-9,12,19H,4,10H2,1-3H3. The number of ketones is 1. The minimum Gasteiger partial charge on any atom is -0.505 e. The average molecular weight is 277 g/mol. The van der Waals surface area contributed by atoms with Gasteiger partial charge in [0.25, 0.3) is 0 Å². The highest BCUT2D eigenvalue weighted by Crippen LogP contribution is 2.07. The van der Waals surface area contributed by atoms with Gasteiger partial charge in [-0.15, -0.1) is 0 Å². The van der Waals surface area contributed by atoms with Crippen LogP contribution in [0.5, 0.6) is 0 Å². The lowest BCUT2D eigenvalue weighted by Crippen LogP contribution is -2.42. The third kappa shape index (κ3) is 4.79. The van der Waals surface area contributed by atoms with E-state index in [0.29, 0.717) is 5.46 Å². The predicted molar refractivity (Wildman–Crippen MR) is 77.5 cm³/mol. The van der Waals surface area contributed by atoms with Crippen LogP contribution < -0.4 is 5.46 Å². The predicted octanol–water partition coefficient (Wildman–Crippen LogP) is 0.0742. The van der Waals surface area contributed by atoms with E-state index < -0.39 is 19.0 Å². The quantitative estimate of drug-likeness (QED) is 0.564. The van der Waals surface area contributed by atoms with Crippen LogP contribution in [0, 0.1) is 5.92 Å². The third-order valence-corrected chi connectivity index (χ3v) is 2.88. The zero-order valence-corrected chi connectivity index (χ0v) is 12.1. The highest BCUT2D eigenvalue weighted by Gasteiger charge is 2.31. The Hall–Kier alpha value is -1.66.